The minimum atomic E-state index is -0.268. The Kier molecular flexibility index (Phi) is 3.08. The van der Waals surface area contributed by atoms with Crippen molar-refractivity contribution in [3.63, 3.8) is 0 Å². The lowest BCUT2D eigenvalue weighted by molar-refractivity contribution is 0.0997. The lowest BCUT2D eigenvalue weighted by atomic mass is 10.0. The van der Waals surface area contributed by atoms with E-state index in [2.05, 4.69) is 16.4 Å². The lowest BCUT2D eigenvalue weighted by Gasteiger charge is -2.11. The van der Waals surface area contributed by atoms with Crippen molar-refractivity contribution in [2.45, 2.75) is 6.92 Å². The fourth-order valence-electron chi connectivity index (χ4n) is 2.78. The molecule has 4 nitrogen and oxygen atoms in total. The summed E-state index contributed by atoms with van der Waals surface area (Å²) in [6.07, 6.45) is 1.48. The highest BCUT2D eigenvalue weighted by Crippen LogP contribution is 2.29. The average molecular weight is 302 g/mol. The molecule has 0 aliphatic rings. The molecule has 0 saturated heterocycles. The summed E-state index contributed by atoms with van der Waals surface area (Å²) in [6.45, 7) is 1.92. The molecule has 2 heterocycles. The van der Waals surface area contributed by atoms with Crippen molar-refractivity contribution < 1.29 is 9.21 Å². The number of fused-ring (bicyclic) bond motifs is 3. The molecule has 0 spiro atoms. The monoisotopic (exact) mass is 302 g/mol. The number of carbonyl (C=O) groups excluding carboxylic acids is 1. The van der Waals surface area contributed by atoms with E-state index in [9.17, 15) is 4.79 Å². The fourth-order valence-corrected chi connectivity index (χ4v) is 2.78. The molecule has 0 aliphatic heterocycles. The van der Waals surface area contributed by atoms with Gasteiger partial charge >= 0.3 is 0 Å². The number of nitrogens with zero attached hydrogens (tertiary/aromatic N) is 1. The summed E-state index contributed by atoms with van der Waals surface area (Å²) >= 11 is 0. The molecule has 112 valence electrons. The van der Waals surface area contributed by atoms with Gasteiger partial charge in [-0.25, -0.2) is 0 Å². The van der Waals surface area contributed by atoms with Crippen LogP contribution in [-0.2, 0) is 0 Å². The van der Waals surface area contributed by atoms with Crippen LogP contribution in [0.5, 0.6) is 0 Å². The van der Waals surface area contributed by atoms with Crippen molar-refractivity contribution in [2.24, 2.45) is 0 Å². The van der Waals surface area contributed by atoms with Crippen molar-refractivity contribution in [3.05, 3.63) is 72.3 Å². The minimum absolute atomic E-state index is 0.268. The molecular weight excluding hydrogens is 288 g/mol. The van der Waals surface area contributed by atoms with E-state index in [0.29, 0.717) is 0 Å². The van der Waals surface area contributed by atoms with Gasteiger partial charge in [0.1, 0.15) is 0 Å². The van der Waals surface area contributed by atoms with Crippen molar-refractivity contribution in [2.75, 3.05) is 5.32 Å². The third-order valence-electron chi connectivity index (χ3n) is 3.83. The van der Waals surface area contributed by atoms with E-state index in [-0.39, 0.29) is 11.7 Å². The molecule has 4 heteroatoms. The SMILES string of the molecule is Cc1cc(NC(=O)c2ccco2)c2ccc3ccccc3c2n1. The van der Waals surface area contributed by atoms with Gasteiger partial charge in [-0.15, -0.1) is 0 Å². The molecule has 23 heavy (non-hydrogen) atoms. The Balaban J connectivity index is 1.89. The molecule has 0 bridgehead atoms. The molecule has 0 aliphatic carbocycles. The predicted octanol–water partition coefficient (Wildman–Crippen LogP) is 4.54. The molecule has 2 aromatic carbocycles. The number of pyridine rings is 1. The maximum absolute atomic E-state index is 12.3. The second-order valence-corrected chi connectivity index (χ2v) is 5.43. The highest BCUT2D eigenvalue weighted by atomic mass is 16.3. The van der Waals surface area contributed by atoms with Gasteiger partial charge in [-0.3, -0.25) is 9.78 Å². The first kappa shape index (κ1) is 13.5. The second kappa shape index (κ2) is 5.25. The van der Waals surface area contributed by atoms with Crippen LogP contribution in [0.15, 0.2) is 65.3 Å². The van der Waals surface area contributed by atoms with Gasteiger partial charge in [0.05, 0.1) is 17.5 Å². The van der Waals surface area contributed by atoms with Crippen LogP contribution in [0.4, 0.5) is 5.69 Å². The molecule has 0 radical (unpaired) electrons. The van der Waals surface area contributed by atoms with Gasteiger partial charge in [0.15, 0.2) is 5.76 Å². The highest BCUT2D eigenvalue weighted by molar-refractivity contribution is 6.13. The van der Waals surface area contributed by atoms with E-state index in [1.165, 1.54) is 6.26 Å². The third kappa shape index (κ3) is 2.34. The largest absolute Gasteiger partial charge is 0.459 e. The second-order valence-electron chi connectivity index (χ2n) is 5.43. The van der Waals surface area contributed by atoms with Crippen LogP contribution in [0.2, 0.25) is 0 Å². The van der Waals surface area contributed by atoms with Gasteiger partial charge in [-0.05, 0) is 30.5 Å². The van der Waals surface area contributed by atoms with E-state index in [1.807, 2.05) is 43.3 Å². The molecule has 0 saturated carbocycles. The number of aryl methyl sites for hydroxylation is 1. The zero-order valence-electron chi connectivity index (χ0n) is 12.5. The molecular formula is C19H14N2O2. The number of furan rings is 1. The first-order chi connectivity index (χ1) is 11.2. The van der Waals surface area contributed by atoms with E-state index in [4.69, 9.17) is 4.42 Å². The van der Waals surface area contributed by atoms with E-state index < -0.39 is 0 Å². The smallest absolute Gasteiger partial charge is 0.291 e. The van der Waals surface area contributed by atoms with Crippen molar-refractivity contribution in [3.8, 4) is 0 Å². The normalized spacial score (nSPS) is 11.0. The quantitative estimate of drug-likeness (QED) is 0.553. The predicted molar refractivity (Wildman–Crippen MR) is 90.6 cm³/mol. The maximum Gasteiger partial charge on any atom is 0.291 e. The number of amides is 1. The van der Waals surface area contributed by atoms with Crippen LogP contribution in [0.1, 0.15) is 16.2 Å². The van der Waals surface area contributed by atoms with Crippen LogP contribution in [0.25, 0.3) is 21.7 Å². The van der Waals surface area contributed by atoms with Crippen LogP contribution >= 0.6 is 0 Å². The Morgan fingerprint density at radius 1 is 1.04 bits per heavy atom. The van der Waals surface area contributed by atoms with Gasteiger partial charge in [-0.1, -0.05) is 36.4 Å². The summed E-state index contributed by atoms with van der Waals surface area (Å²) in [6, 6.07) is 17.3. The third-order valence-corrected chi connectivity index (χ3v) is 3.83. The zero-order chi connectivity index (χ0) is 15.8. The first-order valence-corrected chi connectivity index (χ1v) is 7.36. The van der Waals surface area contributed by atoms with Gasteiger partial charge in [0, 0.05) is 16.5 Å². The molecule has 1 N–H and O–H groups in total. The van der Waals surface area contributed by atoms with Crippen molar-refractivity contribution >= 4 is 33.3 Å². The fraction of sp³-hybridized carbons (Fsp3) is 0.0526. The number of hydrogen-bond donors (Lipinski definition) is 1. The summed E-state index contributed by atoms with van der Waals surface area (Å²) in [4.78, 5) is 16.9. The van der Waals surface area contributed by atoms with Crippen LogP contribution < -0.4 is 5.32 Å². The molecule has 4 aromatic rings. The standard InChI is InChI=1S/C19H14N2O2/c1-12-11-16(21-19(22)17-7-4-10-23-17)15-9-8-13-5-2-3-6-14(13)18(15)20-12/h2-11H,1H3,(H,20,21,22). The molecule has 0 unspecified atom stereocenters. The molecule has 0 fully saturated rings. The summed E-state index contributed by atoms with van der Waals surface area (Å²) < 4.78 is 5.15. The van der Waals surface area contributed by atoms with E-state index >= 15 is 0 Å². The Labute approximate surface area is 132 Å². The molecule has 2 aromatic heterocycles. The summed E-state index contributed by atoms with van der Waals surface area (Å²) in [5, 5.41) is 6.03. The van der Waals surface area contributed by atoms with Gasteiger partial charge in [0.2, 0.25) is 0 Å². The van der Waals surface area contributed by atoms with Gasteiger partial charge in [-0.2, -0.15) is 0 Å². The molecule has 0 atom stereocenters. The van der Waals surface area contributed by atoms with E-state index in [1.54, 1.807) is 12.1 Å². The van der Waals surface area contributed by atoms with Gasteiger partial charge in [0.25, 0.3) is 5.91 Å². The van der Waals surface area contributed by atoms with Crippen LogP contribution in [0, 0.1) is 6.92 Å². The molecule has 4 rings (SSSR count). The number of aromatic nitrogens is 1. The van der Waals surface area contributed by atoms with Crippen molar-refractivity contribution in [1.29, 1.82) is 0 Å². The summed E-state index contributed by atoms with van der Waals surface area (Å²) in [5.74, 6) is 0.0171. The average Bonchev–Trinajstić information content (AvgIpc) is 3.09. The Bertz CT molecular complexity index is 1020. The Morgan fingerprint density at radius 2 is 1.91 bits per heavy atom. The number of nitrogens with one attached hydrogen (secondary N) is 1. The number of benzene rings is 2. The maximum atomic E-state index is 12.3. The summed E-state index contributed by atoms with van der Waals surface area (Å²) in [5.41, 5.74) is 2.47. The number of hydrogen-bond acceptors (Lipinski definition) is 3. The number of carbonyl (C=O) groups is 1. The van der Waals surface area contributed by atoms with E-state index in [0.717, 1.165) is 33.1 Å². The van der Waals surface area contributed by atoms with Crippen LogP contribution in [0.3, 0.4) is 0 Å². The first-order valence-electron chi connectivity index (χ1n) is 7.36. The highest BCUT2D eigenvalue weighted by Gasteiger charge is 2.13. The Morgan fingerprint density at radius 3 is 2.74 bits per heavy atom. The van der Waals surface area contributed by atoms with Gasteiger partial charge < -0.3 is 9.73 Å². The van der Waals surface area contributed by atoms with Crippen LogP contribution in [-0.4, -0.2) is 10.9 Å². The Hall–Kier alpha value is -3.14. The van der Waals surface area contributed by atoms with Crippen molar-refractivity contribution in [1.82, 2.24) is 4.98 Å². The summed E-state index contributed by atoms with van der Waals surface area (Å²) in [7, 11) is 0. The topological polar surface area (TPSA) is 55.1 Å². The molecule has 1 amide bonds. The zero-order valence-corrected chi connectivity index (χ0v) is 12.5. The lowest BCUT2D eigenvalue weighted by Crippen LogP contribution is -2.11. The number of anilines is 1. The minimum Gasteiger partial charge on any atom is -0.459 e. The number of rotatable bonds is 2.